The Bertz CT molecular complexity index is 1760. The van der Waals surface area contributed by atoms with Gasteiger partial charge in [0.1, 0.15) is 23.4 Å². The fourth-order valence-electron chi connectivity index (χ4n) is 4.95. The Morgan fingerprint density at radius 1 is 0.378 bits per heavy atom. The Morgan fingerprint density at radius 2 is 0.733 bits per heavy atom. The lowest BCUT2D eigenvalue weighted by Gasteiger charge is -2.07. The predicted molar refractivity (Wildman–Crippen MR) is 199 cm³/mol. The first kappa shape index (κ1) is 32.4. The molecule has 0 spiro atoms. The summed E-state index contributed by atoms with van der Waals surface area (Å²) in [6.07, 6.45) is 13.6. The minimum Gasteiger partial charge on any atom is -0.322 e. The zero-order chi connectivity index (χ0) is 31.3. The van der Waals surface area contributed by atoms with Gasteiger partial charge in [-0.25, -0.2) is 0 Å². The first-order valence-corrected chi connectivity index (χ1v) is 19.9. The van der Waals surface area contributed by atoms with Crippen LogP contribution in [0.4, 0.5) is 0 Å². The quantitative estimate of drug-likeness (QED) is 0.120. The molecule has 0 aliphatic carbocycles. The van der Waals surface area contributed by atoms with Gasteiger partial charge in [0.05, 0.1) is 0 Å². The predicted octanol–water partition coefficient (Wildman–Crippen LogP) is 9.05. The summed E-state index contributed by atoms with van der Waals surface area (Å²) in [4.78, 5) is 0. The van der Waals surface area contributed by atoms with Crippen molar-refractivity contribution < 1.29 is 13.7 Å². The molecule has 0 saturated heterocycles. The fraction of sp³-hybridized carbons (Fsp3) is 0.0769. The Kier molecular flexibility index (Phi) is 12.2. The van der Waals surface area contributed by atoms with Gasteiger partial charge in [0.2, 0.25) is 0 Å². The second kappa shape index (κ2) is 16.9. The van der Waals surface area contributed by atoms with Crippen LogP contribution in [0.25, 0.3) is 29.4 Å². The Labute approximate surface area is 268 Å². The molecule has 0 radical (unpaired) electrons. The molecule has 0 bridgehead atoms. The van der Waals surface area contributed by atoms with Crippen LogP contribution in [-0.4, -0.2) is 18.5 Å². The maximum absolute atomic E-state index is 12.8. The van der Waals surface area contributed by atoms with Crippen LogP contribution in [0.5, 0.6) is 0 Å². The molecule has 3 atom stereocenters. The SMILES string of the molecule is O=[PH](C/C=C/c1ccc(-c2cc(/C=C/C[PH](=O)c3ccccc3)cc(/C=C/C[PH](=O)c3ccccc3)c2)cc1)c1ccccc1. The van der Waals surface area contributed by atoms with Gasteiger partial charge in [-0.3, -0.25) is 0 Å². The Morgan fingerprint density at radius 3 is 1.11 bits per heavy atom. The van der Waals surface area contributed by atoms with Crippen molar-refractivity contribution in [2.45, 2.75) is 0 Å². The van der Waals surface area contributed by atoms with E-state index in [-0.39, 0.29) is 0 Å². The smallest absolute Gasteiger partial charge is 0.107 e. The van der Waals surface area contributed by atoms with E-state index in [2.05, 4.69) is 42.5 Å². The lowest BCUT2D eigenvalue weighted by Crippen LogP contribution is -1.95. The molecule has 226 valence electrons. The zero-order valence-electron chi connectivity index (χ0n) is 25.0. The molecule has 45 heavy (non-hydrogen) atoms. The second-order valence-corrected chi connectivity index (χ2v) is 16.2. The molecule has 0 saturated carbocycles. The van der Waals surface area contributed by atoms with Gasteiger partial charge in [0, 0.05) is 34.4 Å². The first-order chi connectivity index (χ1) is 22.0. The third-order valence-electron chi connectivity index (χ3n) is 7.35. The van der Waals surface area contributed by atoms with Gasteiger partial charge < -0.3 is 13.7 Å². The monoisotopic (exact) mass is 646 g/mol. The van der Waals surface area contributed by atoms with Crippen molar-refractivity contribution in [3.05, 3.63) is 168 Å². The normalized spacial score (nSPS) is 13.8. The molecule has 0 heterocycles. The molecular formula is C39H37O3P3. The number of hydrogen-bond donors (Lipinski definition) is 0. The van der Waals surface area contributed by atoms with Crippen molar-refractivity contribution in [2.75, 3.05) is 18.5 Å². The van der Waals surface area contributed by atoms with Crippen LogP contribution in [0.1, 0.15) is 16.7 Å². The molecular weight excluding hydrogens is 609 g/mol. The molecule has 0 amide bonds. The minimum absolute atomic E-state index is 0.501. The lowest BCUT2D eigenvalue weighted by molar-refractivity contribution is 0.594. The molecule has 5 rings (SSSR count). The van der Waals surface area contributed by atoms with E-state index in [0.717, 1.165) is 43.7 Å². The zero-order valence-corrected chi connectivity index (χ0v) is 28.0. The van der Waals surface area contributed by atoms with Crippen molar-refractivity contribution >= 4 is 57.5 Å². The highest BCUT2D eigenvalue weighted by atomic mass is 31.1. The molecule has 0 aliphatic rings. The highest BCUT2D eigenvalue weighted by Gasteiger charge is 2.05. The summed E-state index contributed by atoms with van der Waals surface area (Å²) in [5, 5.41) is 2.68. The van der Waals surface area contributed by atoms with E-state index >= 15 is 0 Å². The summed E-state index contributed by atoms with van der Waals surface area (Å²) in [5.41, 5.74) is 5.22. The van der Waals surface area contributed by atoms with Gasteiger partial charge in [0.25, 0.3) is 0 Å². The van der Waals surface area contributed by atoms with E-state index in [1.807, 2.05) is 127 Å². The van der Waals surface area contributed by atoms with Crippen LogP contribution in [-0.2, 0) is 13.7 Å². The number of allylic oxidation sites excluding steroid dienone is 3. The third kappa shape index (κ3) is 10.0. The topological polar surface area (TPSA) is 51.2 Å². The molecule has 0 aliphatic heterocycles. The lowest BCUT2D eigenvalue weighted by atomic mass is 9.98. The molecule has 3 unspecified atom stereocenters. The molecule has 6 heteroatoms. The van der Waals surface area contributed by atoms with E-state index in [9.17, 15) is 13.7 Å². The van der Waals surface area contributed by atoms with Crippen LogP contribution in [0.15, 0.2) is 152 Å². The Balaban J connectivity index is 1.32. The summed E-state index contributed by atoms with van der Waals surface area (Å²) < 4.78 is 38.2. The summed E-state index contributed by atoms with van der Waals surface area (Å²) in [6.45, 7) is 0. The molecule has 3 nitrogen and oxygen atoms in total. The van der Waals surface area contributed by atoms with Crippen molar-refractivity contribution in [3.8, 4) is 11.1 Å². The molecule has 0 fully saturated rings. The summed E-state index contributed by atoms with van der Waals surface area (Å²) >= 11 is 0. The maximum atomic E-state index is 12.8. The third-order valence-corrected chi connectivity index (χ3v) is 12.1. The number of benzene rings is 5. The van der Waals surface area contributed by atoms with Gasteiger partial charge in [0.15, 0.2) is 0 Å². The second-order valence-electron chi connectivity index (χ2n) is 10.7. The van der Waals surface area contributed by atoms with Gasteiger partial charge in [-0.1, -0.05) is 152 Å². The average Bonchev–Trinajstić information content (AvgIpc) is 3.09. The number of hydrogen-bond acceptors (Lipinski definition) is 3. The maximum Gasteiger partial charge on any atom is 0.107 e. The van der Waals surface area contributed by atoms with Gasteiger partial charge in [-0.2, -0.15) is 0 Å². The van der Waals surface area contributed by atoms with Crippen LogP contribution in [0.3, 0.4) is 0 Å². The summed E-state index contributed by atoms with van der Waals surface area (Å²) in [6, 6.07) is 43.6. The molecule has 0 N–H and O–H groups in total. The van der Waals surface area contributed by atoms with Gasteiger partial charge in [-0.15, -0.1) is 0 Å². The van der Waals surface area contributed by atoms with Crippen LogP contribution < -0.4 is 15.9 Å². The van der Waals surface area contributed by atoms with Gasteiger partial charge >= 0.3 is 0 Å². The molecule has 5 aromatic carbocycles. The first-order valence-electron chi connectivity index (χ1n) is 15.0. The van der Waals surface area contributed by atoms with E-state index in [4.69, 9.17) is 0 Å². The number of rotatable bonds is 13. The molecule has 5 aromatic rings. The highest BCUT2D eigenvalue weighted by Crippen LogP contribution is 2.27. The van der Waals surface area contributed by atoms with E-state index in [1.165, 1.54) is 0 Å². The summed E-state index contributed by atoms with van der Waals surface area (Å²) in [7, 11) is -5.63. The average molecular weight is 647 g/mol. The van der Waals surface area contributed by atoms with Gasteiger partial charge in [-0.05, 0) is 46.0 Å². The van der Waals surface area contributed by atoms with E-state index in [0.29, 0.717) is 18.5 Å². The summed E-state index contributed by atoms with van der Waals surface area (Å²) in [5.74, 6) is 0. The standard InChI is InChI=1S/C39H37O3P3/c40-43(37-16-4-1-5-17-37)26-10-13-32-22-24-35(25-23-32)36-30-33(14-11-27-44(41)38-18-6-2-7-19-38)29-34(31-36)15-12-28-45(42)39-20-8-3-9-21-39/h1-25,29-31,43-45H,26-28H2/b13-10+,14-11+,15-12+. The molecule has 0 aromatic heterocycles. The van der Waals surface area contributed by atoms with E-state index < -0.39 is 23.4 Å². The van der Waals surface area contributed by atoms with Crippen LogP contribution in [0, 0.1) is 0 Å². The van der Waals surface area contributed by atoms with Crippen molar-refractivity contribution in [2.24, 2.45) is 0 Å². The van der Waals surface area contributed by atoms with Crippen molar-refractivity contribution in [1.82, 2.24) is 0 Å². The fourth-order valence-corrected chi connectivity index (χ4v) is 8.35. The van der Waals surface area contributed by atoms with E-state index in [1.54, 1.807) is 0 Å². The minimum atomic E-state index is -1.90. The van der Waals surface area contributed by atoms with Crippen molar-refractivity contribution in [1.29, 1.82) is 0 Å². The van der Waals surface area contributed by atoms with Crippen LogP contribution >= 0.6 is 23.4 Å². The van der Waals surface area contributed by atoms with Crippen molar-refractivity contribution in [3.63, 3.8) is 0 Å². The Hall–Kier alpha value is -3.99. The highest BCUT2D eigenvalue weighted by molar-refractivity contribution is 7.54. The largest absolute Gasteiger partial charge is 0.322 e. The van der Waals surface area contributed by atoms with Crippen LogP contribution in [0.2, 0.25) is 0 Å².